The van der Waals surface area contributed by atoms with Crippen LogP contribution in [-0.2, 0) is 4.79 Å². The van der Waals surface area contributed by atoms with Crippen molar-refractivity contribution in [3.05, 3.63) is 70.5 Å². The highest BCUT2D eigenvalue weighted by Crippen LogP contribution is 2.33. The Labute approximate surface area is 176 Å². The van der Waals surface area contributed by atoms with E-state index in [1.165, 1.54) is 49.1 Å². The molecule has 3 rings (SSSR count). The van der Waals surface area contributed by atoms with Gasteiger partial charge in [-0.3, -0.25) is 15.2 Å². The minimum Gasteiger partial charge on any atom is -0.321 e. The average molecular weight is 411 g/mol. The Kier molecular flexibility index (Phi) is 7.44. The summed E-state index contributed by atoms with van der Waals surface area (Å²) in [6, 6.07) is 4.32. The molecule has 1 amide bonds. The molecular formula is C24H27F2N3O. The number of nitrogens with zero attached hydrogens (tertiary/aromatic N) is 1. The molecule has 6 heteroatoms. The molecule has 2 N–H and O–H groups in total. The standard InChI is InChI=1S/C24H27F2N3O/c1-16-7-5-10-19(25)23(16)24(27)20(26)11-6-12-22(30)29-21-15-28-14-13-18(21)17-8-3-2-4-9-17/h5-7,10-12,15,17,27H,2-4,8-9,13-14H2,1H3,(H,29,30)/b12-6+,20-11+,27-24?. The zero-order chi connectivity index (χ0) is 21.5. The maximum Gasteiger partial charge on any atom is 0.248 e. The summed E-state index contributed by atoms with van der Waals surface area (Å²) in [6.07, 6.45) is 12.0. The number of benzene rings is 1. The van der Waals surface area contributed by atoms with Crippen LogP contribution in [0.25, 0.3) is 0 Å². The molecule has 0 atom stereocenters. The highest BCUT2D eigenvalue weighted by molar-refractivity contribution is 6.10. The lowest BCUT2D eigenvalue weighted by molar-refractivity contribution is -0.115. The van der Waals surface area contributed by atoms with E-state index in [9.17, 15) is 13.6 Å². The van der Waals surface area contributed by atoms with E-state index in [1.807, 2.05) is 0 Å². The maximum atomic E-state index is 14.3. The van der Waals surface area contributed by atoms with Gasteiger partial charge in [0.15, 0.2) is 0 Å². The van der Waals surface area contributed by atoms with E-state index in [-0.39, 0.29) is 11.5 Å². The maximum absolute atomic E-state index is 14.3. The lowest BCUT2D eigenvalue weighted by Crippen LogP contribution is -2.27. The quantitative estimate of drug-likeness (QED) is 0.371. The molecular weight excluding hydrogens is 384 g/mol. The van der Waals surface area contributed by atoms with Gasteiger partial charge >= 0.3 is 0 Å². The fraction of sp³-hybridized carbons (Fsp3) is 0.375. The summed E-state index contributed by atoms with van der Waals surface area (Å²) < 4.78 is 28.2. The second-order valence-electron chi connectivity index (χ2n) is 7.73. The van der Waals surface area contributed by atoms with Crippen molar-refractivity contribution in [3.63, 3.8) is 0 Å². The zero-order valence-corrected chi connectivity index (χ0v) is 17.2. The third-order valence-electron chi connectivity index (χ3n) is 5.63. The minimum absolute atomic E-state index is 0.0789. The first-order chi connectivity index (χ1) is 14.5. The number of carbonyl (C=O) groups excluding carboxylic acids is 1. The molecule has 1 saturated carbocycles. The van der Waals surface area contributed by atoms with Gasteiger partial charge in [-0.25, -0.2) is 8.78 Å². The van der Waals surface area contributed by atoms with Gasteiger partial charge in [0.2, 0.25) is 5.91 Å². The zero-order valence-electron chi connectivity index (χ0n) is 17.2. The molecule has 4 nitrogen and oxygen atoms in total. The van der Waals surface area contributed by atoms with Crippen molar-refractivity contribution in [2.75, 3.05) is 6.54 Å². The molecule has 1 aliphatic heterocycles. The number of hydrogen-bond donors (Lipinski definition) is 2. The van der Waals surface area contributed by atoms with E-state index < -0.39 is 17.4 Å². The molecule has 30 heavy (non-hydrogen) atoms. The molecule has 0 bridgehead atoms. The van der Waals surface area contributed by atoms with Crippen molar-refractivity contribution >= 4 is 17.8 Å². The van der Waals surface area contributed by atoms with E-state index in [4.69, 9.17) is 5.41 Å². The van der Waals surface area contributed by atoms with Crippen molar-refractivity contribution in [2.45, 2.75) is 45.4 Å². The Morgan fingerprint density at radius 2 is 2.03 bits per heavy atom. The molecule has 0 radical (unpaired) electrons. The highest BCUT2D eigenvalue weighted by Gasteiger charge is 2.22. The lowest BCUT2D eigenvalue weighted by Gasteiger charge is -2.27. The Morgan fingerprint density at radius 1 is 1.27 bits per heavy atom. The molecule has 158 valence electrons. The van der Waals surface area contributed by atoms with Crippen LogP contribution in [0.3, 0.4) is 0 Å². The van der Waals surface area contributed by atoms with E-state index >= 15 is 0 Å². The fourth-order valence-corrected chi connectivity index (χ4v) is 4.09. The van der Waals surface area contributed by atoms with Gasteiger partial charge in [-0.15, -0.1) is 0 Å². The van der Waals surface area contributed by atoms with Crippen LogP contribution in [0.5, 0.6) is 0 Å². The first-order valence-corrected chi connectivity index (χ1v) is 10.4. The number of allylic oxidation sites excluding steroid dienone is 4. The van der Waals surface area contributed by atoms with E-state index in [1.54, 1.807) is 19.2 Å². The van der Waals surface area contributed by atoms with Gasteiger partial charge in [0.25, 0.3) is 0 Å². The smallest absolute Gasteiger partial charge is 0.248 e. The topological polar surface area (TPSA) is 65.3 Å². The predicted octanol–water partition coefficient (Wildman–Crippen LogP) is 5.34. The second kappa shape index (κ2) is 10.2. The van der Waals surface area contributed by atoms with Crippen molar-refractivity contribution < 1.29 is 13.6 Å². The number of rotatable bonds is 6. The van der Waals surface area contributed by atoms with Crippen molar-refractivity contribution in [3.8, 4) is 0 Å². The summed E-state index contributed by atoms with van der Waals surface area (Å²) in [5.41, 5.74) is 1.86. The molecule has 1 aromatic rings. The molecule has 2 aliphatic rings. The summed E-state index contributed by atoms with van der Waals surface area (Å²) in [5, 5.41) is 10.8. The third-order valence-corrected chi connectivity index (χ3v) is 5.63. The summed E-state index contributed by atoms with van der Waals surface area (Å²) in [6.45, 7) is 2.36. The first-order valence-electron chi connectivity index (χ1n) is 10.4. The van der Waals surface area contributed by atoms with E-state index in [0.29, 0.717) is 11.5 Å². The Bertz CT molecular complexity index is 918. The van der Waals surface area contributed by atoms with Gasteiger partial charge in [-0.2, -0.15) is 0 Å². The first kappa shape index (κ1) is 21.8. The fourth-order valence-electron chi connectivity index (χ4n) is 4.09. The number of aliphatic imine (C=N–C) groups is 1. The van der Waals surface area contributed by atoms with Crippen molar-refractivity contribution in [2.24, 2.45) is 10.9 Å². The summed E-state index contributed by atoms with van der Waals surface area (Å²) in [7, 11) is 0. The van der Waals surface area contributed by atoms with Gasteiger partial charge < -0.3 is 5.32 Å². The largest absolute Gasteiger partial charge is 0.321 e. The SMILES string of the molecule is Cc1cccc(F)c1C(=N)/C(F)=C\C=C\C(=O)NC1=C(C2CCCCC2)CCN=C1. The molecule has 1 aromatic carbocycles. The van der Waals surface area contributed by atoms with Crippen LogP contribution in [0.4, 0.5) is 8.78 Å². The van der Waals surface area contributed by atoms with Crippen molar-refractivity contribution in [1.82, 2.24) is 5.32 Å². The molecule has 1 aliphatic carbocycles. The Balaban J connectivity index is 1.67. The average Bonchev–Trinajstić information content (AvgIpc) is 2.74. The number of amides is 1. The van der Waals surface area contributed by atoms with Crippen LogP contribution in [0.1, 0.15) is 49.7 Å². The Morgan fingerprint density at radius 3 is 2.77 bits per heavy atom. The van der Waals surface area contributed by atoms with Gasteiger partial charge in [-0.05, 0) is 55.4 Å². The van der Waals surface area contributed by atoms with E-state index in [0.717, 1.165) is 37.6 Å². The lowest BCUT2D eigenvalue weighted by atomic mass is 9.81. The van der Waals surface area contributed by atoms with Crippen LogP contribution >= 0.6 is 0 Å². The predicted molar refractivity (Wildman–Crippen MR) is 116 cm³/mol. The van der Waals surface area contributed by atoms with Crippen LogP contribution in [0.15, 0.2) is 58.5 Å². The van der Waals surface area contributed by atoms with Crippen LogP contribution in [0.2, 0.25) is 0 Å². The van der Waals surface area contributed by atoms with E-state index in [2.05, 4.69) is 10.3 Å². The van der Waals surface area contributed by atoms with Crippen molar-refractivity contribution in [1.29, 1.82) is 5.41 Å². The molecule has 1 fully saturated rings. The molecule has 0 unspecified atom stereocenters. The number of nitrogens with one attached hydrogen (secondary N) is 2. The summed E-state index contributed by atoms with van der Waals surface area (Å²) in [5.74, 6) is -1.45. The molecule has 1 heterocycles. The molecule has 0 aromatic heterocycles. The second-order valence-corrected chi connectivity index (χ2v) is 7.73. The highest BCUT2D eigenvalue weighted by atomic mass is 19.1. The van der Waals surface area contributed by atoms with Gasteiger partial charge in [0.05, 0.1) is 5.70 Å². The third kappa shape index (κ3) is 5.38. The Hall–Kier alpha value is -2.89. The number of hydrogen-bond acceptors (Lipinski definition) is 3. The number of carbonyl (C=O) groups is 1. The molecule has 0 saturated heterocycles. The van der Waals surface area contributed by atoms with Gasteiger partial charge in [-0.1, -0.05) is 37.5 Å². The van der Waals surface area contributed by atoms with Crippen LogP contribution in [0, 0.1) is 24.1 Å². The number of aryl methyl sites for hydroxylation is 1. The summed E-state index contributed by atoms with van der Waals surface area (Å²) >= 11 is 0. The molecule has 0 spiro atoms. The number of dihydropyridines is 1. The monoisotopic (exact) mass is 411 g/mol. The summed E-state index contributed by atoms with van der Waals surface area (Å²) in [4.78, 5) is 16.6. The normalized spacial score (nSPS) is 18.2. The van der Waals surface area contributed by atoms with Crippen LogP contribution < -0.4 is 5.32 Å². The van der Waals surface area contributed by atoms with Crippen LogP contribution in [-0.4, -0.2) is 24.4 Å². The van der Waals surface area contributed by atoms with Gasteiger partial charge in [0, 0.05) is 24.4 Å². The minimum atomic E-state index is -0.909. The van der Waals surface area contributed by atoms with Gasteiger partial charge in [0.1, 0.15) is 17.4 Å². The number of halogens is 2.